The van der Waals surface area contributed by atoms with Crippen LogP contribution in [-0.4, -0.2) is 6.61 Å². The number of unbranched alkanes of at least 4 members (excludes halogenated alkanes) is 5. The molecule has 0 unspecified atom stereocenters. The van der Waals surface area contributed by atoms with Crippen LogP contribution in [0.2, 0.25) is 0 Å². The molecule has 1 aliphatic rings. The highest BCUT2D eigenvalue weighted by Gasteiger charge is 2.19. The first kappa shape index (κ1) is 24.9. The largest absolute Gasteiger partial charge is 0.490 e. The molecule has 3 heteroatoms. The zero-order valence-corrected chi connectivity index (χ0v) is 19.2. The predicted octanol–water partition coefficient (Wildman–Crippen LogP) is 8.80. The SMILES string of the molecule is CCCCCCOc1ccc(CC/C=C/C2CCC(CCCCC)CC2)c(F)c1F. The molecule has 1 saturated carbocycles. The van der Waals surface area contributed by atoms with E-state index in [-0.39, 0.29) is 5.75 Å². The van der Waals surface area contributed by atoms with Crippen LogP contribution in [-0.2, 0) is 6.42 Å². The lowest BCUT2D eigenvalue weighted by molar-refractivity contribution is 0.284. The highest BCUT2D eigenvalue weighted by molar-refractivity contribution is 5.31. The van der Waals surface area contributed by atoms with E-state index in [0.717, 1.165) is 38.0 Å². The molecule has 0 amide bonds. The first-order chi connectivity index (χ1) is 14.7. The van der Waals surface area contributed by atoms with E-state index in [4.69, 9.17) is 4.74 Å². The van der Waals surface area contributed by atoms with Gasteiger partial charge in [0.25, 0.3) is 0 Å². The Morgan fingerprint density at radius 3 is 2.37 bits per heavy atom. The van der Waals surface area contributed by atoms with Crippen molar-refractivity contribution in [1.82, 2.24) is 0 Å². The molecule has 2 rings (SSSR count). The molecule has 1 aliphatic carbocycles. The zero-order valence-electron chi connectivity index (χ0n) is 19.2. The van der Waals surface area contributed by atoms with Crippen LogP contribution in [0.1, 0.15) is 103 Å². The fraction of sp³-hybridized carbons (Fsp3) is 0.704. The number of hydrogen-bond donors (Lipinski definition) is 0. The van der Waals surface area contributed by atoms with E-state index in [1.807, 2.05) is 0 Å². The highest BCUT2D eigenvalue weighted by Crippen LogP contribution is 2.33. The number of rotatable bonds is 14. The van der Waals surface area contributed by atoms with Crippen LogP contribution in [0.25, 0.3) is 0 Å². The van der Waals surface area contributed by atoms with Gasteiger partial charge in [0.1, 0.15) is 0 Å². The van der Waals surface area contributed by atoms with E-state index in [1.54, 1.807) is 12.1 Å². The summed E-state index contributed by atoms with van der Waals surface area (Å²) in [5, 5.41) is 0. The molecule has 0 N–H and O–H groups in total. The summed E-state index contributed by atoms with van der Waals surface area (Å²) in [4.78, 5) is 0. The van der Waals surface area contributed by atoms with Crippen molar-refractivity contribution in [2.45, 2.75) is 104 Å². The molecule has 0 heterocycles. The summed E-state index contributed by atoms with van der Waals surface area (Å²) in [6, 6.07) is 3.26. The molecule has 0 aromatic heterocycles. The summed E-state index contributed by atoms with van der Waals surface area (Å²) < 4.78 is 34.1. The Morgan fingerprint density at radius 1 is 0.900 bits per heavy atom. The monoisotopic (exact) mass is 420 g/mol. The highest BCUT2D eigenvalue weighted by atomic mass is 19.2. The summed E-state index contributed by atoms with van der Waals surface area (Å²) in [7, 11) is 0. The Hall–Kier alpha value is -1.38. The molecule has 0 atom stereocenters. The molecule has 0 aliphatic heterocycles. The molecule has 0 saturated heterocycles. The molecule has 0 bridgehead atoms. The summed E-state index contributed by atoms with van der Waals surface area (Å²) in [6.45, 7) is 4.85. The van der Waals surface area contributed by atoms with E-state index in [0.29, 0.717) is 24.5 Å². The number of ether oxygens (including phenoxy) is 1. The van der Waals surface area contributed by atoms with E-state index < -0.39 is 11.6 Å². The van der Waals surface area contributed by atoms with Crippen molar-refractivity contribution in [2.24, 2.45) is 11.8 Å². The van der Waals surface area contributed by atoms with Crippen LogP contribution in [0.5, 0.6) is 5.75 Å². The Kier molecular flexibility index (Phi) is 12.1. The average Bonchev–Trinajstić information content (AvgIpc) is 2.76. The quantitative estimate of drug-likeness (QED) is 0.216. The molecule has 0 radical (unpaired) electrons. The summed E-state index contributed by atoms with van der Waals surface area (Å²) in [5.41, 5.74) is 0.440. The van der Waals surface area contributed by atoms with E-state index in [2.05, 4.69) is 26.0 Å². The minimum Gasteiger partial charge on any atom is -0.490 e. The zero-order chi connectivity index (χ0) is 21.6. The maximum atomic E-state index is 14.4. The molecule has 1 aromatic rings. The van der Waals surface area contributed by atoms with E-state index in [9.17, 15) is 8.78 Å². The van der Waals surface area contributed by atoms with Crippen molar-refractivity contribution in [1.29, 1.82) is 0 Å². The van der Waals surface area contributed by atoms with E-state index >= 15 is 0 Å². The second-order valence-corrected chi connectivity index (χ2v) is 9.00. The van der Waals surface area contributed by atoms with Gasteiger partial charge in [0, 0.05) is 0 Å². The van der Waals surface area contributed by atoms with Crippen LogP contribution in [0.15, 0.2) is 24.3 Å². The third kappa shape index (κ3) is 8.78. The van der Waals surface area contributed by atoms with Crippen molar-refractivity contribution in [3.63, 3.8) is 0 Å². The minimum absolute atomic E-state index is 0.0407. The van der Waals surface area contributed by atoms with Gasteiger partial charge in [-0.3, -0.25) is 0 Å². The first-order valence-electron chi connectivity index (χ1n) is 12.4. The van der Waals surface area contributed by atoms with Crippen LogP contribution in [0.4, 0.5) is 8.78 Å². The fourth-order valence-corrected chi connectivity index (χ4v) is 4.47. The van der Waals surface area contributed by atoms with Gasteiger partial charge in [0.2, 0.25) is 5.82 Å². The van der Waals surface area contributed by atoms with Crippen LogP contribution < -0.4 is 4.74 Å². The van der Waals surface area contributed by atoms with Crippen molar-refractivity contribution < 1.29 is 13.5 Å². The number of allylic oxidation sites excluding steroid dienone is 2. The molecule has 30 heavy (non-hydrogen) atoms. The normalized spacial score (nSPS) is 19.5. The van der Waals surface area contributed by atoms with Crippen LogP contribution >= 0.6 is 0 Å². The second-order valence-electron chi connectivity index (χ2n) is 9.00. The van der Waals surface area contributed by atoms with Crippen molar-refractivity contribution in [2.75, 3.05) is 6.61 Å². The van der Waals surface area contributed by atoms with Crippen molar-refractivity contribution in [3.8, 4) is 5.75 Å². The lowest BCUT2D eigenvalue weighted by Crippen LogP contribution is -2.13. The van der Waals surface area contributed by atoms with Gasteiger partial charge in [-0.25, -0.2) is 4.39 Å². The topological polar surface area (TPSA) is 9.23 Å². The van der Waals surface area contributed by atoms with Gasteiger partial charge in [-0.2, -0.15) is 4.39 Å². The van der Waals surface area contributed by atoms with Crippen molar-refractivity contribution >= 4 is 0 Å². The molecular formula is C27H42F2O. The smallest absolute Gasteiger partial charge is 0.200 e. The minimum atomic E-state index is -0.839. The number of benzene rings is 1. The maximum Gasteiger partial charge on any atom is 0.200 e. The first-order valence-corrected chi connectivity index (χ1v) is 12.4. The van der Waals surface area contributed by atoms with Gasteiger partial charge in [0.05, 0.1) is 6.61 Å². The Labute approximate surface area is 183 Å². The third-order valence-electron chi connectivity index (χ3n) is 6.48. The average molecular weight is 421 g/mol. The summed E-state index contributed by atoms with van der Waals surface area (Å²) in [6.07, 6.45) is 20.7. The maximum absolute atomic E-state index is 14.4. The van der Waals surface area contributed by atoms with Gasteiger partial charge in [-0.05, 0) is 68.4 Å². The fourth-order valence-electron chi connectivity index (χ4n) is 4.47. The van der Waals surface area contributed by atoms with Crippen LogP contribution in [0, 0.1) is 23.5 Å². The molecular weight excluding hydrogens is 378 g/mol. The lowest BCUT2D eigenvalue weighted by Gasteiger charge is -2.26. The Balaban J connectivity index is 1.70. The third-order valence-corrected chi connectivity index (χ3v) is 6.48. The summed E-state index contributed by atoms with van der Waals surface area (Å²) >= 11 is 0. The molecule has 0 spiro atoms. The van der Waals surface area contributed by atoms with Gasteiger partial charge in [0.15, 0.2) is 11.6 Å². The van der Waals surface area contributed by atoms with Crippen molar-refractivity contribution in [3.05, 3.63) is 41.5 Å². The standard InChI is InChI=1S/C27H42F2O/c1-3-5-7-11-21-30-25-20-19-24(26(28)27(25)29)14-10-9-13-23-17-15-22(16-18-23)12-8-6-4-2/h9,13,19-20,22-23H,3-8,10-12,14-18,21H2,1-2H3/b13-9+. The number of aryl methyl sites for hydroxylation is 1. The number of halogens is 2. The lowest BCUT2D eigenvalue weighted by atomic mass is 9.79. The number of hydrogen-bond acceptors (Lipinski definition) is 1. The Morgan fingerprint density at radius 2 is 1.63 bits per heavy atom. The van der Waals surface area contributed by atoms with Gasteiger partial charge >= 0.3 is 0 Å². The van der Waals surface area contributed by atoms with Gasteiger partial charge in [-0.15, -0.1) is 0 Å². The Bertz CT molecular complexity index is 618. The van der Waals surface area contributed by atoms with Gasteiger partial charge < -0.3 is 4.74 Å². The molecule has 1 fully saturated rings. The predicted molar refractivity (Wildman–Crippen MR) is 123 cm³/mol. The van der Waals surface area contributed by atoms with Crippen LogP contribution in [0.3, 0.4) is 0 Å². The second kappa shape index (κ2) is 14.6. The van der Waals surface area contributed by atoms with E-state index in [1.165, 1.54) is 51.4 Å². The molecule has 1 aromatic carbocycles. The molecule has 1 nitrogen and oxygen atoms in total. The van der Waals surface area contributed by atoms with Gasteiger partial charge in [-0.1, -0.05) is 77.0 Å². The summed E-state index contributed by atoms with van der Waals surface area (Å²) in [5.74, 6) is 0.0394. The molecule has 170 valence electrons.